The molecule has 0 aliphatic rings. The second-order valence-corrected chi connectivity index (χ2v) is 5.34. The third-order valence-corrected chi connectivity index (χ3v) is 3.12. The highest BCUT2D eigenvalue weighted by atomic mass is 16.6. The molecule has 0 saturated carbocycles. The van der Waals surface area contributed by atoms with E-state index in [0.717, 1.165) is 25.7 Å². The number of hydrogen-bond acceptors (Lipinski definition) is 4. The van der Waals surface area contributed by atoms with Gasteiger partial charge in [0.2, 0.25) is 0 Å². The van der Waals surface area contributed by atoms with Crippen molar-refractivity contribution in [2.24, 2.45) is 5.92 Å². The van der Waals surface area contributed by atoms with Crippen LogP contribution >= 0.6 is 0 Å². The molecule has 108 valence electrons. The molecular formula is C14H28O4. The van der Waals surface area contributed by atoms with E-state index in [1.54, 1.807) is 0 Å². The molecule has 4 heteroatoms. The van der Waals surface area contributed by atoms with Crippen molar-refractivity contribution < 1.29 is 19.7 Å². The molecule has 0 aromatic rings. The van der Waals surface area contributed by atoms with Crippen LogP contribution in [0.2, 0.25) is 0 Å². The van der Waals surface area contributed by atoms with Crippen molar-refractivity contribution in [3.8, 4) is 0 Å². The highest BCUT2D eigenvalue weighted by Crippen LogP contribution is 2.25. The van der Waals surface area contributed by atoms with Gasteiger partial charge in [0.05, 0.1) is 6.10 Å². The van der Waals surface area contributed by atoms with Crippen LogP contribution in [0.15, 0.2) is 0 Å². The van der Waals surface area contributed by atoms with Gasteiger partial charge in [0.15, 0.2) is 5.60 Å². The fraction of sp³-hybridized carbons (Fsp3) is 0.929. The lowest BCUT2D eigenvalue weighted by Gasteiger charge is -2.26. The van der Waals surface area contributed by atoms with Gasteiger partial charge in [-0.15, -0.1) is 0 Å². The molecular weight excluding hydrogens is 232 g/mol. The van der Waals surface area contributed by atoms with Crippen molar-refractivity contribution in [3.63, 3.8) is 0 Å². The van der Waals surface area contributed by atoms with Gasteiger partial charge in [-0.25, -0.2) is 4.79 Å². The molecule has 3 unspecified atom stereocenters. The molecule has 0 rings (SSSR count). The van der Waals surface area contributed by atoms with E-state index in [2.05, 4.69) is 13.8 Å². The lowest BCUT2D eigenvalue weighted by molar-refractivity contribution is -0.168. The van der Waals surface area contributed by atoms with Crippen LogP contribution in [0, 0.1) is 5.92 Å². The summed E-state index contributed by atoms with van der Waals surface area (Å²) in [6.45, 7) is 7.16. The van der Waals surface area contributed by atoms with Crippen molar-refractivity contribution in [1.29, 1.82) is 0 Å². The predicted molar refractivity (Wildman–Crippen MR) is 71.2 cm³/mol. The van der Waals surface area contributed by atoms with E-state index in [-0.39, 0.29) is 6.61 Å². The third kappa shape index (κ3) is 6.97. The van der Waals surface area contributed by atoms with Gasteiger partial charge in [-0.1, -0.05) is 39.5 Å². The average molecular weight is 260 g/mol. The first-order valence-corrected chi connectivity index (χ1v) is 6.91. The lowest BCUT2D eigenvalue weighted by atomic mass is 9.87. The Morgan fingerprint density at radius 1 is 1.39 bits per heavy atom. The molecule has 18 heavy (non-hydrogen) atoms. The van der Waals surface area contributed by atoms with Gasteiger partial charge < -0.3 is 14.9 Å². The zero-order chi connectivity index (χ0) is 14.2. The SMILES string of the molecule is CCCCC(CC)CC(C)(O)C(=O)OCC(C)O. The summed E-state index contributed by atoms with van der Waals surface area (Å²) in [6, 6.07) is 0. The molecule has 2 N–H and O–H groups in total. The number of carbonyl (C=O) groups excluding carboxylic acids is 1. The van der Waals surface area contributed by atoms with Crippen LogP contribution in [0.25, 0.3) is 0 Å². The first-order valence-electron chi connectivity index (χ1n) is 6.91. The third-order valence-electron chi connectivity index (χ3n) is 3.12. The van der Waals surface area contributed by atoms with Crippen molar-refractivity contribution >= 4 is 5.97 Å². The van der Waals surface area contributed by atoms with E-state index in [1.165, 1.54) is 13.8 Å². The highest BCUT2D eigenvalue weighted by Gasteiger charge is 2.34. The van der Waals surface area contributed by atoms with Crippen LogP contribution in [0.4, 0.5) is 0 Å². The summed E-state index contributed by atoms with van der Waals surface area (Å²) in [7, 11) is 0. The van der Waals surface area contributed by atoms with Gasteiger partial charge in [0.1, 0.15) is 6.61 Å². The number of aliphatic hydroxyl groups is 2. The number of aliphatic hydroxyl groups excluding tert-OH is 1. The van der Waals surface area contributed by atoms with Crippen LogP contribution in [0.5, 0.6) is 0 Å². The first kappa shape index (κ1) is 17.4. The summed E-state index contributed by atoms with van der Waals surface area (Å²) in [5.74, 6) is -0.308. The molecule has 0 fully saturated rings. The monoisotopic (exact) mass is 260 g/mol. The number of unbranched alkanes of at least 4 members (excludes halogenated alkanes) is 1. The average Bonchev–Trinajstić information content (AvgIpc) is 2.30. The zero-order valence-corrected chi connectivity index (χ0v) is 12.1. The van der Waals surface area contributed by atoms with Crippen LogP contribution in [0.1, 0.15) is 59.8 Å². The minimum atomic E-state index is -1.46. The quantitative estimate of drug-likeness (QED) is 0.624. The summed E-state index contributed by atoms with van der Waals surface area (Å²) >= 11 is 0. The summed E-state index contributed by atoms with van der Waals surface area (Å²) in [6.07, 6.45) is 3.91. The maximum atomic E-state index is 11.7. The Morgan fingerprint density at radius 3 is 2.44 bits per heavy atom. The molecule has 0 spiro atoms. The largest absolute Gasteiger partial charge is 0.461 e. The fourth-order valence-electron chi connectivity index (χ4n) is 1.94. The Kier molecular flexibility index (Phi) is 8.20. The van der Waals surface area contributed by atoms with Gasteiger partial charge in [0.25, 0.3) is 0 Å². The fourth-order valence-corrected chi connectivity index (χ4v) is 1.94. The summed E-state index contributed by atoms with van der Waals surface area (Å²) in [4.78, 5) is 11.7. The first-order chi connectivity index (χ1) is 8.33. The van der Waals surface area contributed by atoms with Crippen LogP contribution in [-0.4, -0.2) is 34.5 Å². The lowest BCUT2D eigenvalue weighted by Crippen LogP contribution is -2.39. The molecule has 0 amide bonds. The Morgan fingerprint density at radius 2 is 2.00 bits per heavy atom. The number of ether oxygens (including phenoxy) is 1. The summed E-state index contributed by atoms with van der Waals surface area (Å²) < 4.78 is 4.88. The molecule has 0 aliphatic heterocycles. The number of carbonyl (C=O) groups is 1. The maximum Gasteiger partial charge on any atom is 0.337 e. The van der Waals surface area contributed by atoms with E-state index in [9.17, 15) is 9.90 Å². The Hall–Kier alpha value is -0.610. The van der Waals surface area contributed by atoms with Gasteiger partial charge in [-0.3, -0.25) is 0 Å². The second kappa shape index (κ2) is 8.48. The van der Waals surface area contributed by atoms with Crippen molar-refractivity contribution in [1.82, 2.24) is 0 Å². The number of hydrogen-bond donors (Lipinski definition) is 2. The van der Waals surface area contributed by atoms with Gasteiger partial charge >= 0.3 is 5.97 Å². The zero-order valence-electron chi connectivity index (χ0n) is 12.1. The van der Waals surface area contributed by atoms with Crippen LogP contribution in [0.3, 0.4) is 0 Å². The predicted octanol–water partition coefficient (Wildman–Crippen LogP) is 2.27. The van der Waals surface area contributed by atoms with Crippen LogP contribution in [-0.2, 0) is 9.53 Å². The van der Waals surface area contributed by atoms with E-state index < -0.39 is 17.7 Å². The van der Waals surface area contributed by atoms with Crippen molar-refractivity contribution in [2.45, 2.75) is 71.5 Å². The summed E-state index contributed by atoms with van der Waals surface area (Å²) in [5.41, 5.74) is -1.46. The molecule has 3 atom stereocenters. The highest BCUT2D eigenvalue weighted by molar-refractivity contribution is 5.78. The standard InChI is InChI=1S/C14H28O4/c1-5-7-8-12(6-2)9-14(4,17)13(16)18-10-11(3)15/h11-12,15,17H,5-10H2,1-4H3. The topological polar surface area (TPSA) is 66.8 Å². The molecule has 0 aromatic heterocycles. The smallest absolute Gasteiger partial charge is 0.337 e. The second-order valence-electron chi connectivity index (χ2n) is 5.34. The molecule has 0 aromatic carbocycles. The Labute approximate surface area is 110 Å². The van der Waals surface area contributed by atoms with Crippen molar-refractivity contribution in [3.05, 3.63) is 0 Å². The Bertz CT molecular complexity index is 236. The van der Waals surface area contributed by atoms with Gasteiger partial charge in [0, 0.05) is 0 Å². The van der Waals surface area contributed by atoms with E-state index in [1.807, 2.05) is 0 Å². The normalized spacial score (nSPS) is 17.9. The minimum Gasteiger partial charge on any atom is -0.461 e. The Balaban J connectivity index is 4.28. The summed E-state index contributed by atoms with van der Waals surface area (Å²) in [5, 5.41) is 19.2. The van der Waals surface area contributed by atoms with Crippen LogP contribution < -0.4 is 0 Å². The molecule has 0 aliphatic carbocycles. The van der Waals surface area contributed by atoms with Gasteiger partial charge in [-0.2, -0.15) is 0 Å². The maximum absolute atomic E-state index is 11.7. The van der Waals surface area contributed by atoms with E-state index >= 15 is 0 Å². The molecule has 0 heterocycles. The van der Waals surface area contributed by atoms with E-state index in [0.29, 0.717) is 12.3 Å². The van der Waals surface area contributed by atoms with E-state index in [4.69, 9.17) is 9.84 Å². The number of rotatable bonds is 9. The molecule has 0 radical (unpaired) electrons. The molecule has 4 nitrogen and oxygen atoms in total. The molecule has 0 bridgehead atoms. The van der Waals surface area contributed by atoms with Crippen molar-refractivity contribution in [2.75, 3.05) is 6.61 Å². The molecule has 0 saturated heterocycles. The minimum absolute atomic E-state index is 0.0687. The van der Waals surface area contributed by atoms with Gasteiger partial charge in [-0.05, 0) is 26.2 Å². The number of esters is 1.